The van der Waals surface area contributed by atoms with Crippen molar-refractivity contribution in [2.45, 2.75) is 33.1 Å². The highest BCUT2D eigenvalue weighted by Gasteiger charge is 2.34. The molecule has 1 fully saturated rings. The Bertz CT molecular complexity index is 380. The van der Waals surface area contributed by atoms with Crippen molar-refractivity contribution in [3.8, 4) is 0 Å². The first-order chi connectivity index (χ1) is 9.10. The SMILES string of the molecule is CC(C)CNCC1(CCc2cnn(C)c2)CCOC1. The van der Waals surface area contributed by atoms with Gasteiger partial charge in [0.25, 0.3) is 0 Å². The topological polar surface area (TPSA) is 39.1 Å². The third-order valence-electron chi connectivity index (χ3n) is 3.94. The van der Waals surface area contributed by atoms with Gasteiger partial charge in [0.1, 0.15) is 0 Å². The Balaban J connectivity index is 1.84. The van der Waals surface area contributed by atoms with Gasteiger partial charge in [-0.3, -0.25) is 4.68 Å². The summed E-state index contributed by atoms with van der Waals surface area (Å²) in [5.41, 5.74) is 1.66. The molecule has 4 heteroatoms. The van der Waals surface area contributed by atoms with E-state index in [1.807, 2.05) is 17.9 Å². The summed E-state index contributed by atoms with van der Waals surface area (Å²) in [5, 5.41) is 7.85. The van der Waals surface area contributed by atoms with Gasteiger partial charge >= 0.3 is 0 Å². The van der Waals surface area contributed by atoms with Gasteiger partial charge in [-0.05, 0) is 37.3 Å². The van der Waals surface area contributed by atoms with Crippen LogP contribution in [0.2, 0.25) is 0 Å². The standard InChI is InChI=1S/C15H27N3O/c1-13(2)8-16-11-15(6-7-19-12-15)5-4-14-9-17-18(3)10-14/h9-10,13,16H,4-8,11-12H2,1-3H3. The first kappa shape index (κ1) is 14.5. The fourth-order valence-corrected chi connectivity index (χ4v) is 2.71. The van der Waals surface area contributed by atoms with E-state index >= 15 is 0 Å². The molecule has 4 nitrogen and oxygen atoms in total. The zero-order valence-corrected chi connectivity index (χ0v) is 12.5. The number of nitrogens with one attached hydrogen (secondary N) is 1. The van der Waals surface area contributed by atoms with Gasteiger partial charge in [-0.2, -0.15) is 5.10 Å². The molecule has 1 aromatic heterocycles. The van der Waals surface area contributed by atoms with Gasteiger partial charge in [-0.25, -0.2) is 0 Å². The summed E-state index contributed by atoms with van der Waals surface area (Å²) in [6, 6.07) is 0. The average molecular weight is 265 g/mol. The van der Waals surface area contributed by atoms with E-state index in [4.69, 9.17) is 4.74 Å². The maximum Gasteiger partial charge on any atom is 0.0535 e. The Hall–Kier alpha value is -0.870. The van der Waals surface area contributed by atoms with Crippen LogP contribution in [-0.4, -0.2) is 36.1 Å². The van der Waals surface area contributed by atoms with Crippen molar-refractivity contribution < 1.29 is 4.74 Å². The van der Waals surface area contributed by atoms with Crippen molar-refractivity contribution in [2.75, 3.05) is 26.3 Å². The summed E-state index contributed by atoms with van der Waals surface area (Å²) >= 11 is 0. The Kier molecular flexibility index (Phi) is 4.99. The Morgan fingerprint density at radius 1 is 1.53 bits per heavy atom. The quantitative estimate of drug-likeness (QED) is 0.819. The van der Waals surface area contributed by atoms with Crippen LogP contribution in [0.1, 0.15) is 32.3 Å². The molecule has 0 aliphatic carbocycles. The van der Waals surface area contributed by atoms with Crippen molar-refractivity contribution in [3.05, 3.63) is 18.0 Å². The monoisotopic (exact) mass is 265 g/mol. The molecule has 0 saturated carbocycles. The number of ether oxygens (including phenoxy) is 1. The van der Waals surface area contributed by atoms with Gasteiger partial charge in [0.2, 0.25) is 0 Å². The Labute approximate surface area is 116 Å². The first-order valence-corrected chi connectivity index (χ1v) is 7.36. The normalized spacial score (nSPS) is 23.4. The molecule has 0 amide bonds. The molecule has 0 aromatic carbocycles. The molecule has 1 unspecified atom stereocenters. The second-order valence-corrected chi connectivity index (χ2v) is 6.35. The van der Waals surface area contributed by atoms with Crippen LogP contribution in [0.5, 0.6) is 0 Å². The van der Waals surface area contributed by atoms with Crippen molar-refractivity contribution in [3.63, 3.8) is 0 Å². The van der Waals surface area contributed by atoms with Crippen molar-refractivity contribution in [2.24, 2.45) is 18.4 Å². The van der Waals surface area contributed by atoms with Crippen LogP contribution in [0.25, 0.3) is 0 Å². The zero-order chi connectivity index (χ0) is 13.7. The van der Waals surface area contributed by atoms with Crippen LogP contribution in [0, 0.1) is 11.3 Å². The number of aryl methyl sites for hydroxylation is 2. The van der Waals surface area contributed by atoms with Gasteiger partial charge in [-0.15, -0.1) is 0 Å². The lowest BCUT2D eigenvalue weighted by Crippen LogP contribution is -2.36. The lowest BCUT2D eigenvalue weighted by atomic mass is 9.81. The highest BCUT2D eigenvalue weighted by molar-refractivity contribution is 5.05. The maximum atomic E-state index is 5.65. The summed E-state index contributed by atoms with van der Waals surface area (Å²) < 4.78 is 7.53. The molecular weight excluding hydrogens is 238 g/mol. The molecule has 1 saturated heterocycles. The Morgan fingerprint density at radius 3 is 2.95 bits per heavy atom. The predicted octanol–water partition coefficient (Wildman–Crippen LogP) is 2.00. The number of rotatable bonds is 7. The molecule has 19 heavy (non-hydrogen) atoms. The van der Waals surface area contributed by atoms with E-state index < -0.39 is 0 Å². The van der Waals surface area contributed by atoms with E-state index in [9.17, 15) is 0 Å². The summed E-state index contributed by atoms with van der Waals surface area (Å²) in [6.45, 7) is 8.48. The number of hydrogen-bond donors (Lipinski definition) is 1. The maximum absolute atomic E-state index is 5.65. The molecule has 1 aliphatic rings. The summed E-state index contributed by atoms with van der Waals surface area (Å²) in [7, 11) is 1.97. The van der Waals surface area contributed by atoms with Gasteiger partial charge in [0.15, 0.2) is 0 Å². The number of aromatic nitrogens is 2. The molecule has 0 spiro atoms. The van der Waals surface area contributed by atoms with E-state index in [0.29, 0.717) is 11.3 Å². The molecule has 1 aliphatic heterocycles. The zero-order valence-electron chi connectivity index (χ0n) is 12.5. The summed E-state index contributed by atoms with van der Waals surface area (Å²) in [6.07, 6.45) is 7.55. The van der Waals surface area contributed by atoms with Crippen molar-refractivity contribution in [1.82, 2.24) is 15.1 Å². The third-order valence-corrected chi connectivity index (χ3v) is 3.94. The number of nitrogens with zero attached hydrogens (tertiary/aromatic N) is 2. The van der Waals surface area contributed by atoms with Crippen molar-refractivity contribution in [1.29, 1.82) is 0 Å². The van der Waals surface area contributed by atoms with E-state index in [0.717, 1.165) is 32.7 Å². The molecule has 2 rings (SSSR count). The van der Waals surface area contributed by atoms with Crippen LogP contribution in [-0.2, 0) is 18.2 Å². The predicted molar refractivity (Wildman–Crippen MR) is 77.1 cm³/mol. The van der Waals surface area contributed by atoms with Crippen LogP contribution < -0.4 is 5.32 Å². The van der Waals surface area contributed by atoms with E-state index in [-0.39, 0.29) is 0 Å². The van der Waals surface area contributed by atoms with Crippen LogP contribution in [0.4, 0.5) is 0 Å². The van der Waals surface area contributed by atoms with Crippen LogP contribution in [0.3, 0.4) is 0 Å². The molecule has 0 bridgehead atoms. The fraction of sp³-hybridized carbons (Fsp3) is 0.800. The second kappa shape index (κ2) is 6.53. The van der Waals surface area contributed by atoms with Crippen LogP contribution >= 0.6 is 0 Å². The molecule has 0 radical (unpaired) electrons. The average Bonchev–Trinajstić information content (AvgIpc) is 2.96. The van der Waals surface area contributed by atoms with Crippen LogP contribution in [0.15, 0.2) is 12.4 Å². The fourth-order valence-electron chi connectivity index (χ4n) is 2.71. The largest absolute Gasteiger partial charge is 0.381 e. The minimum Gasteiger partial charge on any atom is -0.381 e. The van der Waals surface area contributed by atoms with E-state index in [1.165, 1.54) is 18.4 Å². The molecular formula is C15H27N3O. The van der Waals surface area contributed by atoms with Gasteiger partial charge in [0, 0.05) is 31.8 Å². The highest BCUT2D eigenvalue weighted by atomic mass is 16.5. The third kappa shape index (κ3) is 4.32. The Morgan fingerprint density at radius 2 is 2.37 bits per heavy atom. The molecule has 108 valence electrons. The summed E-state index contributed by atoms with van der Waals surface area (Å²) in [4.78, 5) is 0. The lowest BCUT2D eigenvalue weighted by Gasteiger charge is -2.28. The highest BCUT2D eigenvalue weighted by Crippen LogP contribution is 2.33. The van der Waals surface area contributed by atoms with Gasteiger partial charge in [0.05, 0.1) is 12.8 Å². The summed E-state index contributed by atoms with van der Waals surface area (Å²) in [5.74, 6) is 0.706. The van der Waals surface area contributed by atoms with E-state index in [1.54, 1.807) is 0 Å². The van der Waals surface area contributed by atoms with Crippen molar-refractivity contribution >= 4 is 0 Å². The van der Waals surface area contributed by atoms with Gasteiger partial charge < -0.3 is 10.1 Å². The molecule has 2 heterocycles. The first-order valence-electron chi connectivity index (χ1n) is 7.36. The number of hydrogen-bond acceptors (Lipinski definition) is 3. The van der Waals surface area contributed by atoms with Gasteiger partial charge in [-0.1, -0.05) is 13.8 Å². The molecule has 1 N–H and O–H groups in total. The van der Waals surface area contributed by atoms with E-state index in [2.05, 4.69) is 30.5 Å². The molecule has 1 atom stereocenters. The lowest BCUT2D eigenvalue weighted by molar-refractivity contribution is 0.143. The minimum atomic E-state index is 0.324. The second-order valence-electron chi connectivity index (χ2n) is 6.35. The minimum absolute atomic E-state index is 0.324. The molecule has 1 aromatic rings. The smallest absolute Gasteiger partial charge is 0.0535 e.